The van der Waals surface area contributed by atoms with Crippen LogP contribution in [0.2, 0.25) is 10.2 Å². The van der Waals surface area contributed by atoms with Crippen LogP contribution in [-0.2, 0) is 22.6 Å². The van der Waals surface area contributed by atoms with Crippen LogP contribution >= 0.6 is 23.2 Å². The number of aromatic nitrogens is 5. The number of anilines is 2. The first-order valence-corrected chi connectivity index (χ1v) is 12.1. The highest BCUT2D eigenvalue weighted by atomic mass is 35.5. The summed E-state index contributed by atoms with van der Waals surface area (Å²) < 4.78 is 12.6. The standard InChI is InChI=1S/C25H22Cl2N6O5/c1-15-13-18(7-8-19(15)38-21-10-9-20(27)30-31-21)28-23-29-24(35)32(12-11-22(34)37-2)25(36)33(23)14-16-3-5-17(26)6-4-16/h3-10,13H,11-12,14H2,1-2H3,(H,28,29,35). The summed E-state index contributed by atoms with van der Waals surface area (Å²) in [4.78, 5) is 41.8. The van der Waals surface area contributed by atoms with Gasteiger partial charge in [0.2, 0.25) is 11.8 Å². The lowest BCUT2D eigenvalue weighted by molar-refractivity contribution is -0.140. The highest BCUT2D eigenvalue weighted by Crippen LogP contribution is 2.27. The van der Waals surface area contributed by atoms with Crippen LogP contribution in [0.3, 0.4) is 0 Å². The zero-order chi connectivity index (χ0) is 27.2. The third kappa shape index (κ3) is 6.55. The quantitative estimate of drug-likeness (QED) is 0.304. The van der Waals surface area contributed by atoms with E-state index in [1.807, 2.05) is 6.92 Å². The summed E-state index contributed by atoms with van der Waals surface area (Å²) >= 11 is 11.8. The zero-order valence-corrected chi connectivity index (χ0v) is 21.9. The maximum atomic E-state index is 13.3. The van der Waals surface area contributed by atoms with E-state index in [0.717, 1.165) is 15.7 Å². The molecular weight excluding hydrogens is 535 g/mol. The van der Waals surface area contributed by atoms with Crippen LogP contribution in [0.1, 0.15) is 17.5 Å². The number of hydrogen-bond acceptors (Lipinski definition) is 9. The zero-order valence-electron chi connectivity index (χ0n) is 20.4. The number of nitrogens with one attached hydrogen (secondary N) is 1. The Kier molecular flexibility index (Phi) is 8.39. The molecule has 2 aromatic heterocycles. The first-order chi connectivity index (χ1) is 18.2. The topological polar surface area (TPSA) is 130 Å². The fourth-order valence-electron chi connectivity index (χ4n) is 3.48. The van der Waals surface area contributed by atoms with Crippen LogP contribution in [0.15, 0.2) is 64.2 Å². The van der Waals surface area contributed by atoms with E-state index in [0.29, 0.717) is 16.5 Å². The van der Waals surface area contributed by atoms with E-state index < -0.39 is 17.3 Å². The Bertz CT molecular complexity index is 1570. The number of hydrogen-bond donors (Lipinski definition) is 1. The highest BCUT2D eigenvalue weighted by molar-refractivity contribution is 6.30. The molecule has 0 atom stereocenters. The van der Waals surface area contributed by atoms with Crippen molar-refractivity contribution >= 4 is 40.8 Å². The van der Waals surface area contributed by atoms with Gasteiger partial charge in [-0.1, -0.05) is 35.3 Å². The molecule has 1 N–H and O–H groups in total. The molecular formula is C25H22Cl2N6O5. The van der Waals surface area contributed by atoms with Gasteiger partial charge in [-0.2, -0.15) is 4.98 Å². The van der Waals surface area contributed by atoms with Crippen molar-refractivity contribution in [1.82, 2.24) is 24.3 Å². The Morgan fingerprint density at radius 1 is 1.00 bits per heavy atom. The second-order valence-electron chi connectivity index (χ2n) is 8.09. The average molecular weight is 557 g/mol. The number of ether oxygens (including phenoxy) is 2. The molecule has 11 nitrogen and oxygen atoms in total. The molecule has 38 heavy (non-hydrogen) atoms. The van der Waals surface area contributed by atoms with Crippen LogP contribution in [-0.4, -0.2) is 37.4 Å². The molecule has 0 aliphatic rings. The number of carbonyl (C=O) groups excluding carboxylic acids is 1. The molecule has 13 heteroatoms. The second-order valence-corrected chi connectivity index (χ2v) is 8.92. The number of nitrogens with zero attached hydrogens (tertiary/aromatic N) is 5. The van der Waals surface area contributed by atoms with Gasteiger partial charge in [0.15, 0.2) is 5.15 Å². The number of aryl methyl sites for hydroxylation is 1. The van der Waals surface area contributed by atoms with Gasteiger partial charge < -0.3 is 14.8 Å². The molecule has 0 bridgehead atoms. The molecule has 0 saturated carbocycles. The minimum absolute atomic E-state index is 0.0286. The molecule has 4 rings (SSSR count). The summed E-state index contributed by atoms with van der Waals surface area (Å²) in [6, 6.07) is 15.2. The van der Waals surface area contributed by atoms with Gasteiger partial charge in [-0.3, -0.25) is 9.36 Å². The van der Waals surface area contributed by atoms with E-state index in [9.17, 15) is 14.4 Å². The number of methoxy groups -OCH3 is 1. The Balaban J connectivity index is 1.66. The smallest absolute Gasteiger partial charge is 0.354 e. The largest absolute Gasteiger partial charge is 0.469 e. The average Bonchev–Trinajstić information content (AvgIpc) is 2.90. The van der Waals surface area contributed by atoms with Gasteiger partial charge in [-0.15, -0.1) is 10.2 Å². The normalized spacial score (nSPS) is 10.7. The molecule has 0 aliphatic carbocycles. The number of esters is 1. The summed E-state index contributed by atoms with van der Waals surface area (Å²) in [5, 5.41) is 11.5. The summed E-state index contributed by atoms with van der Waals surface area (Å²) in [5.74, 6) is 0.273. The number of halogens is 2. The van der Waals surface area contributed by atoms with Crippen LogP contribution < -0.4 is 21.4 Å². The summed E-state index contributed by atoms with van der Waals surface area (Å²) in [6.07, 6.45) is -0.153. The number of carbonyl (C=O) groups is 1. The molecule has 4 aromatic rings. The summed E-state index contributed by atoms with van der Waals surface area (Å²) in [5.41, 5.74) is 0.616. The van der Waals surface area contributed by atoms with E-state index >= 15 is 0 Å². The summed E-state index contributed by atoms with van der Waals surface area (Å²) in [7, 11) is 1.23. The Labute approximate surface area is 226 Å². The van der Waals surface area contributed by atoms with Gasteiger partial charge >= 0.3 is 17.3 Å². The molecule has 0 radical (unpaired) electrons. The molecule has 0 spiro atoms. The molecule has 2 heterocycles. The molecule has 0 saturated heterocycles. The fourth-order valence-corrected chi connectivity index (χ4v) is 3.70. The Morgan fingerprint density at radius 2 is 1.76 bits per heavy atom. The molecule has 2 aromatic carbocycles. The lowest BCUT2D eigenvalue weighted by Crippen LogP contribution is -2.43. The Morgan fingerprint density at radius 3 is 2.42 bits per heavy atom. The van der Waals surface area contributed by atoms with E-state index in [2.05, 4.69) is 25.2 Å². The summed E-state index contributed by atoms with van der Waals surface area (Å²) in [6.45, 7) is 1.75. The van der Waals surface area contributed by atoms with Crippen molar-refractivity contribution in [2.75, 3.05) is 12.4 Å². The number of benzene rings is 2. The Hall–Kier alpha value is -4.22. The molecule has 0 amide bonds. The van der Waals surface area contributed by atoms with Crippen molar-refractivity contribution in [2.24, 2.45) is 0 Å². The van der Waals surface area contributed by atoms with Gasteiger partial charge in [0, 0.05) is 23.3 Å². The van der Waals surface area contributed by atoms with Gasteiger partial charge in [0.05, 0.1) is 20.1 Å². The van der Waals surface area contributed by atoms with Crippen molar-refractivity contribution in [3.05, 3.63) is 96.9 Å². The van der Waals surface area contributed by atoms with Crippen LogP contribution in [0.4, 0.5) is 11.6 Å². The highest BCUT2D eigenvalue weighted by Gasteiger charge is 2.16. The first kappa shape index (κ1) is 26.8. The van der Waals surface area contributed by atoms with Crippen LogP contribution in [0.5, 0.6) is 11.6 Å². The van der Waals surface area contributed by atoms with Crippen molar-refractivity contribution in [3.63, 3.8) is 0 Å². The minimum Gasteiger partial charge on any atom is -0.469 e. The van der Waals surface area contributed by atoms with Crippen molar-refractivity contribution < 1.29 is 14.3 Å². The maximum Gasteiger partial charge on any atom is 0.354 e. The van der Waals surface area contributed by atoms with E-state index in [1.165, 1.54) is 11.7 Å². The van der Waals surface area contributed by atoms with Gasteiger partial charge in [0.25, 0.3) is 0 Å². The van der Waals surface area contributed by atoms with E-state index in [4.69, 9.17) is 27.9 Å². The number of rotatable bonds is 9. The lowest BCUT2D eigenvalue weighted by atomic mass is 10.2. The third-order valence-electron chi connectivity index (χ3n) is 5.42. The molecule has 0 fully saturated rings. The fraction of sp³-hybridized carbons (Fsp3) is 0.200. The predicted octanol–water partition coefficient (Wildman–Crippen LogP) is 3.96. The second kappa shape index (κ2) is 11.9. The monoisotopic (exact) mass is 556 g/mol. The van der Waals surface area contributed by atoms with Crippen LogP contribution in [0.25, 0.3) is 0 Å². The van der Waals surface area contributed by atoms with Gasteiger partial charge in [-0.25, -0.2) is 14.2 Å². The predicted molar refractivity (Wildman–Crippen MR) is 142 cm³/mol. The SMILES string of the molecule is COC(=O)CCn1c(=O)nc(Nc2ccc(Oc3ccc(Cl)nn3)c(C)c2)n(Cc2ccc(Cl)cc2)c1=O. The van der Waals surface area contributed by atoms with E-state index in [1.54, 1.807) is 54.6 Å². The molecule has 0 aliphatic heterocycles. The molecule has 0 unspecified atom stereocenters. The first-order valence-electron chi connectivity index (χ1n) is 11.3. The minimum atomic E-state index is -0.799. The van der Waals surface area contributed by atoms with Gasteiger partial charge in [-0.05, 0) is 54.4 Å². The maximum absolute atomic E-state index is 13.3. The van der Waals surface area contributed by atoms with Gasteiger partial charge in [0.1, 0.15) is 5.75 Å². The van der Waals surface area contributed by atoms with Crippen molar-refractivity contribution in [2.45, 2.75) is 26.4 Å². The lowest BCUT2D eigenvalue weighted by Gasteiger charge is -2.16. The molecule has 196 valence electrons. The van der Waals surface area contributed by atoms with Crippen molar-refractivity contribution in [3.8, 4) is 11.6 Å². The van der Waals surface area contributed by atoms with Crippen molar-refractivity contribution in [1.29, 1.82) is 0 Å². The van der Waals surface area contributed by atoms with Crippen LogP contribution in [0, 0.1) is 6.92 Å². The third-order valence-corrected chi connectivity index (χ3v) is 5.88. The van der Waals surface area contributed by atoms with E-state index in [-0.39, 0.29) is 36.5 Å².